The second kappa shape index (κ2) is 7.99. The highest BCUT2D eigenvalue weighted by atomic mass is 79.9. The van der Waals surface area contributed by atoms with Gasteiger partial charge in [0.2, 0.25) is 0 Å². The van der Waals surface area contributed by atoms with Crippen molar-refractivity contribution >= 4 is 66.1 Å². The van der Waals surface area contributed by atoms with Crippen LogP contribution in [0.1, 0.15) is 16.1 Å². The number of rotatable bonds is 3. The lowest BCUT2D eigenvalue weighted by Crippen LogP contribution is -2.46. The standard InChI is InChI=1S/C17H13Br2N3O2S/c18-12-6-11-7-14(24-15(11)13(19)8-12)16(23)21-22-17(25)20-9-10-4-2-1-3-5-10/h1-8H,9H2,(H,21,23)(H2,20,22,25). The summed E-state index contributed by atoms with van der Waals surface area (Å²) in [6.07, 6.45) is 0. The molecule has 25 heavy (non-hydrogen) atoms. The molecule has 0 spiro atoms. The van der Waals surface area contributed by atoms with Crippen LogP contribution in [0.4, 0.5) is 0 Å². The Labute approximate surface area is 166 Å². The molecule has 0 fully saturated rings. The van der Waals surface area contributed by atoms with Gasteiger partial charge in [0.15, 0.2) is 10.9 Å². The van der Waals surface area contributed by atoms with Gasteiger partial charge < -0.3 is 9.73 Å². The van der Waals surface area contributed by atoms with E-state index in [1.165, 1.54) is 0 Å². The van der Waals surface area contributed by atoms with E-state index in [9.17, 15) is 4.79 Å². The Bertz CT molecular complexity index is 928. The number of furan rings is 1. The van der Waals surface area contributed by atoms with Gasteiger partial charge >= 0.3 is 5.91 Å². The van der Waals surface area contributed by atoms with Crippen LogP contribution < -0.4 is 16.2 Å². The van der Waals surface area contributed by atoms with Crippen molar-refractivity contribution in [2.75, 3.05) is 0 Å². The average molecular weight is 483 g/mol. The van der Waals surface area contributed by atoms with E-state index in [0.29, 0.717) is 17.2 Å². The summed E-state index contributed by atoms with van der Waals surface area (Å²) in [5, 5.41) is 4.14. The summed E-state index contributed by atoms with van der Waals surface area (Å²) in [6, 6.07) is 15.2. The third kappa shape index (κ3) is 4.59. The van der Waals surface area contributed by atoms with Crippen molar-refractivity contribution in [2.45, 2.75) is 6.54 Å². The first-order valence-electron chi connectivity index (χ1n) is 7.29. The zero-order valence-corrected chi connectivity index (χ0v) is 16.8. The fraction of sp³-hybridized carbons (Fsp3) is 0.0588. The quantitative estimate of drug-likeness (QED) is 0.384. The molecule has 1 amide bonds. The highest BCUT2D eigenvalue weighted by Crippen LogP contribution is 2.30. The largest absolute Gasteiger partial charge is 0.450 e. The Balaban J connectivity index is 1.57. The molecule has 1 aromatic heterocycles. The van der Waals surface area contributed by atoms with E-state index in [0.717, 1.165) is 19.9 Å². The maximum atomic E-state index is 12.2. The molecule has 5 nitrogen and oxygen atoms in total. The number of benzene rings is 2. The van der Waals surface area contributed by atoms with Crippen molar-refractivity contribution in [3.05, 3.63) is 68.8 Å². The first-order valence-corrected chi connectivity index (χ1v) is 9.29. The zero-order chi connectivity index (χ0) is 17.8. The van der Waals surface area contributed by atoms with Crippen LogP contribution in [-0.4, -0.2) is 11.0 Å². The molecule has 0 saturated carbocycles. The van der Waals surface area contributed by atoms with Crippen LogP contribution in [0.2, 0.25) is 0 Å². The second-order valence-electron chi connectivity index (χ2n) is 5.16. The Kier molecular flexibility index (Phi) is 5.72. The van der Waals surface area contributed by atoms with Crippen LogP contribution in [0, 0.1) is 0 Å². The number of hydrogen-bond donors (Lipinski definition) is 3. The van der Waals surface area contributed by atoms with E-state index in [-0.39, 0.29) is 5.76 Å². The summed E-state index contributed by atoms with van der Waals surface area (Å²) in [5.41, 5.74) is 6.88. The van der Waals surface area contributed by atoms with Gasteiger partial charge in [-0.25, -0.2) is 0 Å². The van der Waals surface area contributed by atoms with Gasteiger partial charge in [0.05, 0.1) is 4.47 Å². The van der Waals surface area contributed by atoms with E-state index in [1.807, 2.05) is 42.5 Å². The zero-order valence-electron chi connectivity index (χ0n) is 12.8. The minimum atomic E-state index is -0.414. The van der Waals surface area contributed by atoms with Crippen LogP contribution in [0.3, 0.4) is 0 Å². The van der Waals surface area contributed by atoms with Gasteiger partial charge in [-0.15, -0.1) is 0 Å². The van der Waals surface area contributed by atoms with Gasteiger partial charge in [0.25, 0.3) is 0 Å². The van der Waals surface area contributed by atoms with Gasteiger partial charge in [0.1, 0.15) is 5.58 Å². The topological polar surface area (TPSA) is 66.3 Å². The third-order valence-corrected chi connectivity index (χ3v) is 4.64. The lowest BCUT2D eigenvalue weighted by atomic mass is 10.2. The van der Waals surface area contributed by atoms with E-state index >= 15 is 0 Å². The van der Waals surface area contributed by atoms with Crippen molar-refractivity contribution in [1.29, 1.82) is 0 Å². The fourth-order valence-corrected chi connectivity index (χ4v) is 3.65. The first kappa shape index (κ1) is 17.9. The minimum absolute atomic E-state index is 0.187. The third-order valence-electron chi connectivity index (χ3n) is 3.34. The van der Waals surface area contributed by atoms with E-state index in [2.05, 4.69) is 48.0 Å². The Morgan fingerprint density at radius 1 is 1.08 bits per heavy atom. The fourth-order valence-electron chi connectivity index (χ4n) is 2.19. The molecule has 128 valence electrons. The number of nitrogens with one attached hydrogen (secondary N) is 3. The van der Waals surface area contributed by atoms with Crippen molar-refractivity contribution in [3.63, 3.8) is 0 Å². The van der Waals surface area contributed by atoms with Crippen LogP contribution in [0.5, 0.6) is 0 Å². The van der Waals surface area contributed by atoms with Gasteiger partial charge in [-0.2, -0.15) is 0 Å². The summed E-state index contributed by atoms with van der Waals surface area (Å²) in [5.74, 6) is -0.227. The van der Waals surface area contributed by atoms with Gasteiger partial charge in [-0.1, -0.05) is 46.3 Å². The van der Waals surface area contributed by atoms with Crippen LogP contribution in [0.15, 0.2) is 61.9 Å². The molecule has 0 radical (unpaired) electrons. The molecule has 0 atom stereocenters. The number of fused-ring (bicyclic) bond motifs is 1. The lowest BCUT2D eigenvalue weighted by Gasteiger charge is -2.10. The normalized spacial score (nSPS) is 10.5. The molecule has 3 aromatic rings. The van der Waals surface area contributed by atoms with Crippen molar-refractivity contribution in [1.82, 2.24) is 16.2 Å². The second-order valence-corrected chi connectivity index (χ2v) is 7.34. The summed E-state index contributed by atoms with van der Waals surface area (Å²) in [4.78, 5) is 12.2. The molecule has 0 aliphatic heterocycles. The Morgan fingerprint density at radius 2 is 1.84 bits per heavy atom. The maximum absolute atomic E-state index is 12.2. The highest BCUT2D eigenvalue weighted by molar-refractivity contribution is 9.11. The molecule has 8 heteroatoms. The lowest BCUT2D eigenvalue weighted by molar-refractivity contribution is 0.0918. The molecule has 2 aromatic carbocycles. The number of carbonyl (C=O) groups excluding carboxylic acids is 1. The minimum Gasteiger partial charge on any atom is -0.450 e. The van der Waals surface area contributed by atoms with Crippen molar-refractivity contribution in [3.8, 4) is 0 Å². The van der Waals surface area contributed by atoms with Gasteiger partial charge in [-0.3, -0.25) is 15.6 Å². The number of hydrazine groups is 1. The SMILES string of the molecule is O=C(NNC(=S)NCc1ccccc1)c1cc2cc(Br)cc(Br)c2o1. The summed E-state index contributed by atoms with van der Waals surface area (Å²) < 4.78 is 7.25. The van der Waals surface area contributed by atoms with E-state index in [4.69, 9.17) is 16.6 Å². The predicted molar refractivity (Wildman–Crippen MR) is 108 cm³/mol. The summed E-state index contributed by atoms with van der Waals surface area (Å²) in [7, 11) is 0. The number of hydrogen-bond acceptors (Lipinski definition) is 3. The van der Waals surface area contributed by atoms with E-state index < -0.39 is 5.91 Å². The molecule has 3 N–H and O–H groups in total. The molecule has 0 unspecified atom stereocenters. The Hall–Kier alpha value is -1.90. The number of carbonyl (C=O) groups is 1. The van der Waals surface area contributed by atoms with Crippen LogP contribution in [-0.2, 0) is 6.54 Å². The van der Waals surface area contributed by atoms with Crippen molar-refractivity contribution in [2.24, 2.45) is 0 Å². The van der Waals surface area contributed by atoms with Crippen molar-refractivity contribution < 1.29 is 9.21 Å². The van der Waals surface area contributed by atoms with Gasteiger partial charge in [-0.05, 0) is 51.9 Å². The molecule has 0 aliphatic carbocycles. The monoisotopic (exact) mass is 481 g/mol. The highest BCUT2D eigenvalue weighted by Gasteiger charge is 2.14. The molecule has 0 saturated heterocycles. The van der Waals surface area contributed by atoms with Crippen LogP contribution in [0.25, 0.3) is 11.0 Å². The molecular weight excluding hydrogens is 470 g/mol. The van der Waals surface area contributed by atoms with E-state index in [1.54, 1.807) is 6.07 Å². The van der Waals surface area contributed by atoms with Crippen LogP contribution >= 0.6 is 44.1 Å². The average Bonchev–Trinajstić information content (AvgIpc) is 3.03. The number of halogens is 2. The summed E-state index contributed by atoms with van der Waals surface area (Å²) in [6.45, 7) is 0.564. The molecular formula is C17H13Br2N3O2S. The molecule has 3 rings (SSSR count). The molecule has 0 aliphatic rings. The maximum Gasteiger partial charge on any atom is 0.305 e. The predicted octanol–water partition coefficient (Wildman–Crippen LogP) is 4.27. The summed E-state index contributed by atoms with van der Waals surface area (Å²) >= 11 is 12.0. The Morgan fingerprint density at radius 3 is 2.60 bits per heavy atom. The van der Waals surface area contributed by atoms with Gasteiger partial charge in [0, 0.05) is 16.4 Å². The first-order chi connectivity index (χ1) is 12.0. The number of thiocarbonyl (C=S) groups is 1. The molecule has 0 bridgehead atoms. The smallest absolute Gasteiger partial charge is 0.305 e. The molecule has 1 heterocycles. The number of amides is 1.